The Morgan fingerprint density at radius 3 is 1.10 bits per heavy atom. The number of hydrogen-bond donors (Lipinski definition) is 0. The summed E-state index contributed by atoms with van der Waals surface area (Å²) >= 11 is 0. The summed E-state index contributed by atoms with van der Waals surface area (Å²) in [7, 11) is 0. The van der Waals surface area contributed by atoms with E-state index in [1.165, 1.54) is 77.0 Å². The number of carbonyl (C=O) groups excluding carboxylic acids is 3. The maximum Gasteiger partial charge on any atom is 0.306 e. The Morgan fingerprint density at radius 2 is 0.657 bits per heavy atom. The van der Waals surface area contributed by atoms with E-state index in [4.69, 9.17) is 14.2 Å². The summed E-state index contributed by atoms with van der Waals surface area (Å²) in [6.07, 6.45) is 74.7. The van der Waals surface area contributed by atoms with Crippen molar-refractivity contribution < 1.29 is 28.6 Å². The van der Waals surface area contributed by atoms with Gasteiger partial charge in [0.2, 0.25) is 0 Å². The summed E-state index contributed by atoms with van der Waals surface area (Å²) in [6.45, 7) is 6.42. The molecule has 0 aliphatic carbocycles. The molecule has 0 aromatic heterocycles. The molecule has 0 aliphatic rings. The monoisotopic (exact) mass is 927 g/mol. The van der Waals surface area contributed by atoms with Crippen molar-refractivity contribution in [3.05, 3.63) is 122 Å². The lowest BCUT2D eigenvalue weighted by Gasteiger charge is -2.18. The number of unbranched alkanes of at least 4 members (excludes halogenated alkanes) is 22. The largest absolute Gasteiger partial charge is 0.462 e. The van der Waals surface area contributed by atoms with Crippen molar-refractivity contribution >= 4 is 17.9 Å². The van der Waals surface area contributed by atoms with Crippen LogP contribution in [0.1, 0.15) is 226 Å². The molecule has 1 unspecified atom stereocenters. The lowest BCUT2D eigenvalue weighted by Crippen LogP contribution is -2.30. The molecule has 6 heteroatoms. The van der Waals surface area contributed by atoms with Crippen LogP contribution in [0.5, 0.6) is 0 Å². The molecule has 0 fully saturated rings. The van der Waals surface area contributed by atoms with Crippen LogP contribution in [0.25, 0.3) is 0 Å². The number of allylic oxidation sites excluding steroid dienone is 20. The Bertz CT molecular complexity index is 1440. The standard InChI is InChI=1S/C61H98O6/c1-4-7-10-13-16-19-22-25-27-29-31-33-36-39-42-45-48-51-54-60(63)66-57-58(56-65-59(62)53-50-47-44-41-38-35-24-21-18-15-12-9-6-3)67-61(64)55-52-49-46-43-40-37-34-32-30-28-26-23-20-17-14-11-8-5-2/h10,13,16,19,22-23,25-35,38,44,47,58H,4-9,11-12,14-15,17-18,20-21,24,36-37,39-43,45-46,48-57H2,1-3H3/b13-10-,19-16-,25-22-,26-23-,29-27-,30-28-,33-31-,34-32-,38-35-,47-44-. The van der Waals surface area contributed by atoms with Crippen molar-refractivity contribution in [3.8, 4) is 0 Å². The second-order valence-corrected chi connectivity index (χ2v) is 17.6. The van der Waals surface area contributed by atoms with Crippen molar-refractivity contribution in [1.29, 1.82) is 0 Å². The zero-order chi connectivity index (χ0) is 48.6. The smallest absolute Gasteiger partial charge is 0.306 e. The Kier molecular flexibility index (Phi) is 51.0. The van der Waals surface area contributed by atoms with E-state index in [9.17, 15) is 14.4 Å². The van der Waals surface area contributed by atoms with Crippen LogP contribution in [0.15, 0.2) is 122 Å². The minimum absolute atomic E-state index is 0.120. The highest BCUT2D eigenvalue weighted by Gasteiger charge is 2.19. The Morgan fingerprint density at radius 1 is 0.313 bits per heavy atom. The minimum Gasteiger partial charge on any atom is -0.462 e. The molecule has 0 saturated heterocycles. The third-order valence-corrected chi connectivity index (χ3v) is 11.1. The Hall–Kier alpha value is -4.19. The molecule has 0 bridgehead atoms. The summed E-state index contributed by atoms with van der Waals surface area (Å²) in [4.78, 5) is 38.0. The number of rotatable bonds is 47. The van der Waals surface area contributed by atoms with Gasteiger partial charge in [-0.2, -0.15) is 0 Å². The molecule has 0 spiro atoms. The molecule has 0 aromatic carbocycles. The normalized spacial score (nSPS) is 13.1. The van der Waals surface area contributed by atoms with E-state index in [-0.39, 0.29) is 44.0 Å². The maximum atomic E-state index is 12.8. The first-order valence-electron chi connectivity index (χ1n) is 27.1. The fourth-order valence-electron chi connectivity index (χ4n) is 7.00. The van der Waals surface area contributed by atoms with Gasteiger partial charge in [0.25, 0.3) is 0 Å². The summed E-state index contributed by atoms with van der Waals surface area (Å²) in [5.74, 6) is -1.04. The fourth-order valence-corrected chi connectivity index (χ4v) is 7.00. The van der Waals surface area contributed by atoms with Gasteiger partial charge in [0.1, 0.15) is 13.2 Å². The maximum absolute atomic E-state index is 12.8. The van der Waals surface area contributed by atoms with Gasteiger partial charge < -0.3 is 14.2 Å². The predicted octanol–water partition coefficient (Wildman–Crippen LogP) is 18.1. The molecule has 378 valence electrons. The molecule has 0 rings (SSSR count). The van der Waals surface area contributed by atoms with Crippen LogP contribution in [0.2, 0.25) is 0 Å². The zero-order valence-corrected chi connectivity index (χ0v) is 43.1. The first-order valence-corrected chi connectivity index (χ1v) is 27.1. The van der Waals surface area contributed by atoms with Crippen LogP contribution in [-0.4, -0.2) is 37.2 Å². The van der Waals surface area contributed by atoms with E-state index in [1.807, 2.05) is 42.5 Å². The van der Waals surface area contributed by atoms with E-state index in [1.54, 1.807) is 0 Å². The first kappa shape index (κ1) is 62.8. The molecule has 1 atom stereocenters. The fraction of sp³-hybridized carbons (Fsp3) is 0.623. The lowest BCUT2D eigenvalue weighted by molar-refractivity contribution is -0.166. The molecule has 0 amide bonds. The second kappa shape index (κ2) is 54.4. The molecule has 0 heterocycles. The lowest BCUT2D eigenvalue weighted by atomic mass is 10.1. The molecule has 0 saturated carbocycles. The van der Waals surface area contributed by atoms with Crippen molar-refractivity contribution in [3.63, 3.8) is 0 Å². The van der Waals surface area contributed by atoms with E-state index in [2.05, 4.69) is 99.8 Å². The minimum atomic E-state index is -0.826. The van der Waals surface area contributed by atoms with Crippen LogP contribution in [0.4, 0.5) is 0 Å². The van der Waals surface area contributed by atoms with Gasteiger partial charge in [-0.05, 0) is 83.5 Å². The number of ether oxygens (including phenoxy) is 3. The highest BCUT2D eigenvalue weighted by molar-refractivity contribution is 5.71. The third kappa shape index (κ3) is 52.6. The molecular weight excluding hydrogens is 829 g/mol. The molecular formula is C61H98O6. The van der Waals surface area contributed by atoms with Crippen molar-refractivity contribution in [1.82, 2.24) is 0 Å². The number of esters is 3. The first-order chi connectivity index (χ1) is 33.0. The summed E-state index contributed by atoms with van der Waals surface area (Å²) < 4.78 is 16.7. The SMILES string of the molecule is CCC\C=C/C=C\C=C/C=C\C=C/CCCCCCCC(=O)OCC(COC(=O)CC/C=C\C/C=C\CCCCCCCC)OC(=O)CCCCCCC\C=C/C=C\C=C/CCCCCCC. The van der Waals surface area contributed by atoms with Crippen LogP contribution >= 0.6 is 0 Å². The summed E-state index contributed by atoms with van der Waals surface area (Å²) in [5, 5.41) is 0. The highest BCUT2D eigenvalue weighted by atomic mass is 16.6. The summed E-state index contributed by atoms with van der Waals surface area (Å²) in [6, 6.07) is 0. The van der Waals surface area contributed by atoms with E-state index < -0.39 is 6.10 Å². The zero-order valence-electron chi connectivity index (χ0n) is 43.1. The summed E-state index contributed by atoms with van der Waals surface area (Å²) in [5.41, 5.74) is 0. The van der Waals surface area contributed by atoms with Gasteiger partial charge in [-0.1, -0.05) is 245 Å². The molecule has 0 aromatic rings. The van der Waals surface area contributed by atoms with Gasteiger partial charge in [-0.15, -0.1) is 0 Å². The molecule has 0 radical (unpaired) electrons. The van der Waals surface area contributed by atoms with Crippen molar-refractivity contribution in [2.75, 3.05) is 13.2 Å². The van der Waals surface area contributed by atoms with E-state index >= 15 is 0 Å². The molecule has 6 nitrogen and oxygen atoms in total. The Balaban J connectivity index is 4.56. The molecule has 0 N–H and O–H groups in total. The average Bonchev–Trinajstić information content (AvgIpc) is 3.33. The average molecular weight is 927 g/mol. The van der Waals surface area contributed by atoms with Crippen LogP contribution < -0.4 is 0 Å². The third-order valence-electron chi connectivity index (χ3n) is 11.1. The van der Waals surface area contributed by atoms with Gasteiger partial charge in [-0.3, -0.25) is 14.4 Å². The quantitative estimate of drug-likeness (QED) is 0.0199. The van der Waals surface area contributed by atoms with Gasteiger partial charge in [0, 0.05) is 19.3 Å². The van der Waals surface area contributed by atoms with Crippen LogP contribution in [0.3, 0.4) is 0 Å². The van der Waals surface area contributed by atoms with Crippen molar-refractivity contribution in [2.24, 2.45) is 0 Å². The van der Waals surface area contributed by atoms with E-state index in [0.29, 0.717) is 12.8 Å². The molecule has 0 aliphatic heterocycles. The topological polar surface area (TPSA) is 78.9 Å². The van der Waals surface area contributed by atoms with Gasteiger partial charge >= 0.3 is 17.9 Å². The van der Waals surface area contributed by atoms with Crippen LogP contribution in [0, 0.1) is 0 Å². The second-order valence-electron chi connectivity index (χ2n) is 17.6. The van der Waals surface area contributed by atoms with E-state index in [0.717, 1.165) is 103 Å². The number of carbonyl (C=O) groups is 3. The highest BCUT2D eigenvalue weighted by Crippen LogP contribution is 2.13. The molecule has 67 heavy (non-hydrogen) atoms. The van der Waals surface area contributed by atoms with Crippen molar-refractivity contribution in [2.45, 2.75) is 232 Å². The number of hydrogen-bond acceptors (Lipinski definition) is 6. The van der Waals surface area contributed by atoms with Gasteiger partial charge in [0.15, 0.2) is 6.10 Å². The predicted molar refractivity (Wildman–Crippen MR) is 288 cm³/mol. The van der Waals surface area contributed by atoms with Crippen LogP contribution in [-0.2, 0) is 28.6 Å². The van der Waals surface area contributed by atoms with Gasteiger partial charge in [0.05, 0.1) is 0 Å². The Labute approximate surface area is 412 Å². The van der Waals surface area contributed by atoms with Gasteiger partial charge in [-0.25, -0.2) is 0 Å².